The van der Waals surface area contributed by atoms with Gasteiger partial charge in [0.05, 0.1) is 10.0 Å². The maximum Gasteiger partial charge on any atom is 0.350 e. The SMILES string of the molecule is CN(C)c1ccc(NC(=O)COC(=O)c2sc3cc(Cl)cc(Cl)c3c2Cl)cc1. The highest BCUT2D eigenvalue weighted by Gasteiger charge is 2.21. The Balaban J connectivity index is 1.65. The lowest BCUT2D eigenvalue weighted by Gasteiger charge is -2.13. The molecule has 0 aliphatic rings. The molecule has 0 bridgehead atoms. The van der Waals surface area contributed by atoms with Crippen molar-refractivity contribution in [1.29, 1.82) is 0 Å². The van der Waals surface area contributed by atoms with Gasteiger partial charge in [-0.3, -0.25) is 4.79 Å². The number of fused-ring (bicyclic) bond motifs is 1. The lowest BCUT2D eigenvalue weighted by molar-refractivity contribution is -0.119. The van der Waals surface area contributed by atoms with E-state index >= 15 is 0 Å². The Labute approximate surface area is 180 Å². The molecule has 3 rings (SSSR count). The average Bonchev–Trinajstić information content (AvgIpc) is 2.96. The van der Waals surface area contributed by atoms with Crippen LogP contribution in [0.5, 0.6) is 0 Å². The number of amides is 1. The van der Waals surface area contributed by atoms with Gasteiger partial charge in [-0.05, 0) is 36.4 Å². The Kier molecular flexibility index (Phi) is 6.35. The van der Waals surface area contributed by atoms with Gasteiger partial charge in [-0.1, -0.05) is 34.8 Å². The number of nitrogens with zero attached hydrogens (tertiary/aromatic N) is 1. The van der Waals surface area contributed by atoms with Crippen LogP contribution in [0.2, 0.25) is 15.1 Å². The van der Waals surface area contributed by atoms with Crippen molar-refractivity contribution in [3.8, 4) is 0 Å². The van der Waals surface area contributed by atoms with Gasteiger partial charge < -0.3 is 15.0 Å². The molecule has 0 unspecified atom stereocenters. The van der Waals surface area contributed by atoms with Gasteiger partial charge in [-0.15, -0.1) is 11.3 Å². The zero-order chi connectivity index (χ0) is 20.4. The van der Waals surface area contributed by atoms with Crippen LogP contribution in [0.4, 0.5) is 11.4 Å². The molecule has 0 fully saturated rings. The first-order chi connectivity index (χ1) is 13.3. The molecule has 1 heterocycles. The second-order valence-corrected chi connectivity index (χ2v) is 8.35. The summed E-state index contributed by atoms with van der Waals surface area (Å²) in [6, 6.07) is 10.5. The molecular weight excluding hydrogens is 443 g/mol. The van der Waals surface area contributed by atoms with Crippen molar-refractivity contribution in [3.05, 3.63) is 56.3 Å². The lowest BCUT2D eigenvalue weighted by Crippen LogP contribution is -2.20. The van der Waals surface area contributed by atoms with Crippen LogP contribution >= 0.6 is 46.1 Å². The molecule has 1 aromatic heterocycles. The number of anilines is 2. The first-order valence-electron chi connectivity index (χ1n) is 8.07. The monoisotopic (exact) mass is 456 g/mol. The minimum atomic E-state index is -0.698. The second-order valence-electron chi connectivity index (χ2n) is 6.07. The Hall–Kier alpha value is -1.99. The molecule has 28 heavy (non-hydrogen) atoms. The molecule has 0 saturated heterocycles. The van der Waals surface area contributed by atoms with E-state index in [-0.39, 0.29) is 9.90 Å². The fourth-order valence-corrected chi connectivity index (χ4v) is 4.74. The summed E-state index contributed by atoms with van der Waals surface area (Å²) in [6.45, 7) is -0.437. The minimum absolute atomic E-state index is 0.170. The third-order valence-corrected chi connectivity index (χ3v) is 5.96. The summed E-state index contributed by atoms with van der Waals surface area (Å²) in [5.74, 6) is -1.15. The van der Waals surface area contributed by atoms with E-state index in [0.29, 0.717) is 25.8 Å². The number of thiophene rings is 1. The van der Waals surface area contributed by atoms with E-state index in [9.17, 15) is 9.59 Å². The first-order valence-corrected chi connectivity index (χ1v) is 10.0. The number of hydrogen-bond donors (Lipinski definition) is 1. The minimum Gasteiger partial charge on any atom is -0.451 e. The number of benzene rings is 2. The van der Waals surface area contributed by atoms with E-state index < -0.39 is 18.5 Å². The predicted octanol–water partition coefficient (Wildman–Crippen LogP) is 5.72. The van der Waals surface area contributed by atoms with Crippen LogP contribution in [0.15, 0.2) is 36.4 Å². The largest absolute Gasteiger partial charge is 0.451 e. The van der Waals surface area contributed by atoms with E-state index in [0.717, 1.165) is 17.0 Å². The standard InChI is InChI=1S/C19H15Cl3N2O3S/c1-24(2)12-5-3-11(4-6-12)23-15(25)9-27-19(26)18-17(22)16-13(21)7-10(20)8-14(16)28-18/h3-8H,9H2,1-2H3,(H,23,25). The van der Waals surface area contributed by atoms with Gasteiger partial charge in [-0.2, -0.15) is 0 Å². The topological polar surface area (TPSA) is 58.6 Å². The van der Waals surface area contributed by atoms with Gasteiger partial charge in [-0.25, -0.2) is 4.79 Å². The number of carbonyl (C=O) groups excluding carboxylic acids is 2. The Bertz CT molecular complexity index is 1050. The van der Waals surface area contributed by atoms with Gasteiger partial charge in [0.25, 0.3) is 5.91 Å². The summed E-state index contributed by atoms with van der Waals surface area (Å²) >= 11 is 19.5. The average molecular weight is 458 g/mol. The molecule has 0 aliphatic heterocycles. The zero-order valence-electron chi connectivity index (χ0n) is 14.9. The summed E-state index contributed by atoms with van der Waals surface area (Å²) in [5.41, 5.74) is 1.61. The lowest BCUT2D eigenvalue weighted by atomic mass is 10.2. The fourth-order valence-electron chi connectivity index (χ4n) is 2.48. The van der Waals surface area contributed by atoms with Crippen molar-refractivity contribution in [2.75, 3.05) is 30.9 Å². The maximum absolute atomic E-state index is 12.4. The zero-order valence-corrected chi connectivity index (χ0v) is 18.0. The Morgan fingerprint density at radius 2 is 1.79 bits per heavy atom. The van der Waals surface area contributed by atoms with E-state index in [4.69, 9.17) is 39.5 Å². The van der Waals surface area contributed by atoms with Gasteiger partial charge >= 0.3 is 5.97 Å². The van der Waals surface area contributed by atoms with Crippen LogP contribution in [-0.4, -0.2) is 32.6 Å². The van der Waals surface area contributed by atoms with Crippen LogP contribution in [-0.2, 0) is 9.53 Å². The molecule has 2 aromatic carbocycles. The van der Waals surface area contributed by atoms with Crippen molar-refractivity contribution in [2.45, 2.75) is 0 Å². The number of carbonyl (C=O) groups is 2. The van der Waals surface area contributed by atoms with E-state index in [1.54, 1.807) is 24.3 Å². The molecule has 146 valence electrons. The highest BCUT2D eigenvalue weighted by Crippen LogP contribution is 2.41. The van der Waals surface area contributed by atoms with Gasteiger partial charge in [0.15, 0.2) is 6.61 Å². The number of ether oxygens (including phenoxy) is 1. The summed E-state index contributed by atoms with van der Waals surface area (Å²) < 4.78 is 5.76. The first kappa shape index (κ1) is 20.7. The number of esters is 1. The third kappa shape index (κ3) is 4.52. The van der Waals surface area contributed by atoms with E-state index in [1.807, 2.05) is 31.1 Å². The molecule has 1 amide bonds. The van der Waals surface area contributed by atoms with Crippen LogP contribution in [0.25, 0.3) is 10.1 Å². The number of rotatable bonds is 5. The van der Waals surface area contributed by atoms with E-state index in [2.05, 4.69) is 5.32 Å². The summed E-state index contributed by atoms with van der Waals surface area (Å²) in [4.78, 5) is 26.5. The van der Waals surface area contributed by atoms with Crippen LogP contribution in [0.1, 0.15) is 9.67 Å². The smallest absolute Gasteiger partial charge is 0.350 e. The van der Waals surface area contributed by atoms with Crippen molar-refractivity contribution in [3.63, 3.8) is 0 Å². The second kappa shape index (κ2) is 8.57. The van der Waals surface area contributed by atoms with Crippen LogP contribution in [0, 0.1) is 0 Å². The fraction of sp³-hybridized carbons (Fsp3) is 0.158. The van der Waals surface area contributed by atoms with Crippen molar-refractivity contribution in [1.82, 2.24) is 0 Å². The molecule has 0 aliphatic carbocycles. The van der Waals surface area contributed by atoms with Crippen molar-refractivity contribution in [2.24, 2.45) is 0 Å². The van der Waals surface area contributed by atoms with Crippen LogP contribution in [0.3, 0.4) is 0 Å². The third-order valence-electron chi connectivity index (χ3n) is 3.84. The highest BCUT2D eigenvalue weighted by atomic mass is 35.5. The molecular formula is C19H15Cl3N2O3S. The number of halogens is 3. The van der Waals surface area contributed by atoms with Crippen molar-refractivity contribution < 1.29 is 14.3 Å². The quantitative estimate of drug-likeness (QED) is 0.498. The Morgan fingerprint density at radius 3 is 2.43 bits per heavy atom. The summed E-state index contributed by atoms with van der Waals surface area (Å²) in [6.07, 6.45) is 0. The molecule has 5 nitrogen and oxygen atoms in total. The summed E-state index contributed by atoms with van der Waals surface area (Å²) in [7, 11) is 3.85. The highest BCUT2D eigenvalue weighted by molar-refractivity contribution is 7.21. The number of hydrogen-bond acceptors (Lipinski definition) is 5. The predicted molar refractivity (Wildman–Crippen MR) is 117 cm³/mol. The molecule has 0 spiro atoms. The van der Waals surface area contributed by atoms with Gasteiger partial charge in [0.1, 0.15) is 4.88 Å². The molecule has 9 heteroatoms. The normalized spacial score (nSPS) is 10.8. The molecule has 0 atom stereocenters. The molecule has 0 radical (unpaired) electrons. The van der Waals surface area contributed by atoms with Crippen molar-refractivity contribution >= 4 is 79.5 Å². The Morgan fingerprint density at radius 1 is 1.11 bits per heavy atom. The molecule has 0 saturated carbocycles. The molecule has 1 N–H and O–H groups in total. The van der Waals surface area contributed by atoms with Crippen LogP contribution < -0.4 is 10.2 Å². The van der Waals surface area contributed by atoms with E-state index in [1.165, 1.54) is 0 Å². The van der Waals surface area contributed by atoms with Gasteiger partial charge in [0.2, 0.25) is 0 Å². The number of nitrogens with one attached hydrogen (secondary N) is 1. The maximum atomic E-state index is 12.4. The van der Waals surface area contributed by atoms with Gasteiger partial charge in [0, 0.05) is 40.6 Å². The molecule has 3 aromatic rings. The summed E-state index contributed by atoms with van der Waals surface area (Å²) in [5, 5.41) is 4.18.